The Hall–Kier alpha value is -1.23. The zero-order valence-corrected chi connectivity index (χ0v) is 8.56. The lowest BCUT2D eigenvalue weighted by Crippen LogP contribution is -1.94. The minimum atomic E-state index is 0.871. The molecule has 0 bridgehead atoms. The molecule has 4 nitrogen and oxygen atoms in total. The Labute approximate surface area is 83.7 Å². The summed E-state index contributed by atoms with van der Waals surface area (Å²) < 4.78 is 2.65. The zero-order chi connectivity index (χ0) is 9.26. The molecule has 0 aromatic carbocycles. The highest BCUT2D eigenvalue weighted by Gasteiger charge is 2.03. The fraction of sp³-hybridized carbons (Fsp3) is 0.125. The average Bonchev–Trinajstić information content (AvgIpc) is 2.53. The van der Waals surface area contributed by atoms with Gasteiger partial charge in [-0.2, -0.15) is 0 Å². The fourth-order valence-electron chi connectivity index (χ4n) is 1.05. The van der Waals surface area contributed by atoms with E-state index in [1.54, 1.807) is 17.1 Å². The van der Waals surface area contributed by atoms with Crippen LogP contribution in [0.4, 0.5) is 0 Å². The highest BCUT2D eigenvalue weighted by atomic mass is 79.9. The summed E-state index contributed by atoms with van der Waals surface area (Å²) >= 11 is 3.33. The third-order valence-electron chi connectivity index (χ3n) is 1.70. The van der Waals surface area contributed by atoms with Crippen molar-refractivity contribution in [3.8, 4) is 11.4 Å². The van der Waals surface area contributed by atoms with E-state index in [0.29, 0.717) is 0 Å². The molecule has 0 aliphatic heterocycles. The summed E-state index contributed by atoms with van der Waals surface area (Å²) in [4.78, 5) is 4.23. The molecule has 0 atom stereocenters. The Kier molecular flexibility index (Phi) is 2.10. The Morgan fingerprint density at radius 1 is 1.31 bits per heavy atom. The summed E-state index contributed by atoms with van der Waals surface area (Å²) in [6.07, 6.45) is 3.44. The van der Waals surface area contributed by atoms with E-state index in [-0.39, 0.29) is 0 Å². The number of hydrogen-bond acceptors (Lipinski definition) is 3. The van der Waals surface area contributed by atoms with Gasteiger partial charge >= 0.3 is 0 Å². The molecule has 66 valence electrons. The van der Waals surface area contributed by atoms with Gasteiger partial charge in [-0.3, -0.25) is 4.98 Å². The van der Waals surface area contributed by atoms with Gasteiger partial charge in [0.25, 0.3) is 0 Å². The van der Waals surface area contributed by atoms with Crippen molar-refractivity contribution in [2.24, 2.45) is 7.05 Å². The van der Waals surface area contributed by atoms with Crippen LogP contribution in [-0.4, -0.2) is 20.0 Å². The summed E-state index contributed by atoms with van der Waals surface area (Å²) in [5, 5.41) is 7.61. The monoisotopic (exact) mass is 238 g/mol. The van der Waals surface area contributed by atoms with Gasteiger partial charge in [-0.1, -0.05) is 5.21 Å². The Bertz CT molecular complexity index is 406. The third kappa shape index (κ3) is 1.60. The first-order chi connectivity index (χ1) is 6.27. The van der Waals surface area contributed by atoms with Gasteiger partial charge in [0, 0.05) is 17.7 Å². The van der Waals surface area contributed by atoms with E-state index in [4.69, 9.17) is 0 Å². The van der Waals surface area contributed by atoms with Crippen molar-refractivity contribution in [2.75, 3.05) is 0 Å². The molecule has 0 unspecified atom stereocenters. The number of aryl methyl sites for hydroxylation is 1. The first-order valence-electron chi connectivity index (χ1n) is 3.74. The van der Waals surface area contributed by atoms with Crippen LogP contribution in [0.15, 0.2) is 29.0 Å². The highest BCUT2D eigenvalue weighted by molar-refractivity contribution is 9.10. The molecule has 0 amide bonds. The van der Waals surface area contributed by atoms with Crippen molar-refractivity contribution in [2.45, 2.75) is 0 Å². The van der Waals surface area contributed by atoms with Crippen molar-refractivity contribution in [3.05, 3.63) is 29.0 Å². The maximum atomic E-state index is 4.23. The summed E-state index contributed by atoms with van der Waals surface area (Å²) in [7, 11) is 1.84. The van der Waals surface area contributed by atoms with Crippen LogP contribution >= 0.6 is 15.9 Å². The van der Waals surface area contributed by atoms with Crippen molar-refractivity contribution >= 4 is 15.9 Å². The molecule has 0 saturated heterocycles. The second-order valence-corrected chi connectivity index (χ2v) is 3.52. The van der Waals surface area contributed by atoms with Gasteiger partial charge in [-0.05, 0) is 28.1 Å². The van der Waals surface area contributed by atoms with Gasteiger partial charge < -0.3 is 0 Å². The standard InChI is InChI=1S/C8H7BrN4/c1-13-8(5-11-12-13)7-3-2-6(9)4-10-7/h2-5H,1H3. The zero-order valence-electron chi connectivity index (χ0n) is 6.98. The van der Waals surface area contributed by atoms with Gasteiger partial charge in [0.15, 0.2) is 0 Å². The summed E-state index contributed by atoms with van der Waals surface area (Å²) in [5.41, 5.74) is 1.78. The fourth-order valence-corrected chi connectivity index (χ4v) is 1.28. The molecule has 2 aromatic rings. The molecular formula is C8H7BrN4. The predicted molar refractivity (Wildman–Crippen MR) is 51.9 cm³/mol. The van der Waals surface area contributed by atoms with E-state index in [9.17, 15) is 0 Å². The largest absolute Gasteiger partial charge is 0.253 e. The van der Waals surface area contributed by atoms with Crippen LogP contribution < -0.4 is 0 Å². The van der Waals surface area contributed by atoms with Crippen molar-refractivity contribution in [3.63, 3.8) is 0 Å². The Morgan fingerprint density at radius 2 is 2.15 bits per heavy atom. The molecule has 0 fully saturated rings. The second kappa shape index (κ2) is 3.26. The lowest BCUT2D eigenvalue weighted by atomic mass is 10.3. The smallest absolute Gasteiger partial charge is 0.107 e. The highest BCUT2D eigenvalue weighted by Crippen LogP contribution is 2.16. The maximum absolute atomic E-state index is 4.23. The van der Waals surface area contributed by atoms with E-state index in [2.05, 4.69) is 31.2 Å². The molecule has 0 N–H and O–H groups in total. The first-order valence-corrected chi connectivity index (χ1v) is 4.53. The van der Waals surface area contributed by atoms with Crippen LogP contribution in [0.2, 0.25) is 0 Å². The van der Waals surface area contributed by atoms with Crippen LogP contribution in [0.3, 0.4) is 0 Å². The lowest BCUT2D eigenvalue weighted by Gasteiger charge is -1.98. The third-order valence-corrected chi connectivity index (χ3v) is 2.17. The molecule has 0 saturated carbocycles. The molecule has 0 spiro atoms. The van der Waals surface area contributed by atoms with E-state index >= 15 is 0 Å². The molecule has 0 radical (unpaired) electrons. The number of rotatable bonds is 1. The molecule has 2 rings (SSSR count). The van der Waals surface area contributed by atoms with Gasteiger partial charge in [-0.15, -0.1) is 5.10 Å². The molecule has 0 aliphatic carbocycles. The van der Waals surface area contributed by atoms with Crippen LogP contribution in [0.1, 0.15) is 0 Å². The van der Waals surface area contributed by atoms with Gasteiger partial charge in [0.1, 0.15) is 5.69 Å². The Balaban J connectivity index is 2.47. The van der Waals surface area contributed by atoms with Crippen LogP contribution in [0.25, 0.3) is 11.4 Å². The molecular weight excluding hydrogens is 232 g/mol. The first kappa shape index (κ1) is 8.37. The van der Waals surface area contributed by atoms with Crippen LogP contribution in [0.5, 0.6) is 0 Å². The van der Waals surface area contributed by atoms with Gasteiger partial charge in [0.2, 0.25) is 0 Å². The molecule has 2 heterocycles. The van der Waals surface area contributed by atoms with E-state index < -0.39 is 0 Å². The van der Waals surface area contributed by atoms with E-state index in [1.807, 2.05) is 19.2 Å². The van der Waals surface area contributed by atoms with Crippen LogP contribution in [-0.2, 0) is 7.05 Å². The Morgan fingerprint density at radius 3 is 2.69 bits per heavy atom. The minimum absolute atomic E-state index is 0.871. The van der Waals surface area contributed by atoms with Crippen LogP contribution in [0, 0.1) is 0 Å². The predicted octanol–water partition coefficient (Wildman–Crippen LogP) is 1.64. The van der Waals surface area contributed by atoms with E-state index in [0.717, 1.165) is 15.9 Å². The van der Waals surface area contributed by atoms with E-state index in [1.165, 1.54) is 0 Å². The summed E-state index contributed by atoms with van der Waals surface area (Å²) in [6, 6.07) is 3.86. The number of hydrogen-bond donors (Lipinski definition) is 0. The second-order valence-electron chi connectivity index (χ2n) is 2.60. The molecule has 5 heteroatoms. The van der Waals surface area contributed by atoms with Crippen molar-refractivity contribution in [1.29, 1.82) is 0 Å². The quantitative estimate of drug-likeness (QED) is 0.759. The molecule has 2 aromatic heterocycles. The number of nitrogens with zero attached hydrogens (tertiary/aromatic N) is 4. The average molecular weight is 239 g/mol. The SMILES string of the molecule is Cn1nncc1-c1ccc(Br)cn1. The summed E-state index contributed by atoms with van der Waals surface area (Å²) in [6.45, 7) is 0. The number of halogens is 1. The normalized spacial score (nSPS) is 10.3. The topological polar surface area (TPSA) is 43.6 Å². The summed E-state index contributed by atoms with van der Waals surface area (Å²) in [5.74, 6) is 0. The molecule has 0 aliphatic rings. The van der Waals surface area contributed by atoms with Crippen molar-refractivity contribution in [1.82, 2.24) is 20.0 Å². The van der Waals surface area contributed by atoms with Gasteiger partial charge in [-0.25, -0.2) is 4.68 Å². The molecule has 13 heavy (non-hydrogen) atoms. The van der Waals surface area contributed by atoms with Gasteiger partial charge in [0.05, 0.1) is 11.9 Å². The van der Waals surface area contributed by atoms with Crippen molar-refractivity contribution < 1.29 is 0 Å². The minimum Gasteiger partial charge on any atom is -0.253 e. The number of aromatic nitrogens is 4. The maximum Gasteiger partial charge on any atom is 0.107 e. The lowest BCUT2D eigenvalue weighted by molar-refractivity contribution is 0.719. The number of pyridine rings is 1.